The van der Waals surface area contributed by atoms with Crippen molar-refractivity contribution in [1.82, 2.24) is 19.6 Å². The predicted octanol–water partition coefficient (Wildman–Crippen LogP) is 1.99. The van der Waals surface area contributed by atoms with Crippen molar-refractivity contribution in [3.8, 4) is 0 Å². The summed E-state index contributed by atoms with van der Waals surface area (Å²) in [5, 5.41) is 10.8. The number of pyridine rings is 2. The molecule has 0 aromatic carbocycles. The van der Waals surface area contributed by atoms with E-state index in [0.29, 0.717) is 17.2 Å². The summed E-state index contributed by atoms with van der Waals surface area (Å²) >= 11 is 0. The van der Waals surface area contributed by atoms with Gasteiger partial charge < -0.3 is 9.64 Å². The molecule has 8 nitrogen and oxygen atoms in total. The number of carbonyl (C=O) groups is 1. The minimum atomic E-state index is -0.272. The molecule has 0 spiro atoms. The minimum absolute atomic E-state index is 0.157. The molecule has 1 fully saturated rings. The zero-order valence-electron chi connectivity index (χ0n) is 14.7. The van der Waals surface area contributed by atoms with Gasteiger partial charge in [0.15, 0.2) is 5.65 Å². The Balaban J connectivity index is 1.49. The highest BCUT2D eigenvalue weighted by atomic mass is 16.5. The summed E-state index contributed by atoms with van der Waals surface area (Å²) in [6.07, 6.45) is 3.70. The van der Waals surface area contributed by atoms with Crippen LogP contribution in [0.3, 0.4) is 0 Å². The number of ether oxygens (including phenoxy) is 1. The first kappa shape index (κ1) is 16.5. The second kappa shape index (κ2) is 6.72. The van der Waals surface area contributed by atoms with Crippen molar-refractivity contribution in [2.45, 2.75) is 26.1 Å². The van der Waals surface area contributed by atoms with Crippen LogP contribution in [0.4, 0.5) is 11.8 Å². The van der Waals surface area contributed by atoms with E-state index in [1.54, 1.807) is 22.9 Å². The van der Waals surface area contributed by atoms with Crippen LogP contribution in [0.1, 0.15) is 24.2 Å². The van der Waals surface area contributed by atoms with E-state index in [1.165, 1.54) is 0 Å². The van der Waals surface area contributed by atoms with Crippen LogP contribution < -0.4 is 10.2 Å². The molecule has 1 amide bonds. The monoisotopic (exact) mass is 352 g/mol. The van der Waals surface area contributed by atoms with Crippen LogP contribution in [-0.4, -0.2) is 50.8 Å². The molecule has 2 atom stereocenters. The molecular weight excluding hydrogens is 332 g/mol. The van der Waals surface area contributed by atoms with E-state index < -0.39 is 0 Å². The lowest BCUT2D eigenvalue weighted by Gasteiger charge is -2.36. The number of nitrogens with zero attached hydrogens (tertiary/aromatic N) is 5. The standard InChI is InChI=1S/C18H20N6O2/c1-12-10-23(11-13(2)26-12)15-7-6-14(9-19-15)17(25)20-18-22-21-16-5-3-4-8-24(16)18/h3-9,12-13H,10-11H2,1-2H3,(H,20,22,25). The molecule has 3 aromatic heterocycles. The first-order valence-electron chi connectivity index (χ1n) is 8.58. The molecule has 8 heteroatoms. The Morgan fingerprint density at radius 1 is 1.15 bits per heavy atom. The highest BCUT2D eigenvalue weighted by molar-refractivity contribution is 6.03. The van der Waals surface area contributed by atoms with Crippen molar-refractivity contribution in [2.75, 3.05) is 23.3 Å². The minimum Gasteiger partial charge on any atom is -0.372 e. The zero-order chi connectivity index (χ0) is 18.1. The summed E-state index contributed by atoms with van der Waals surface area (Å²) in [6.45, 7) is 5.67. The maximum Gasteiger partial charge on any atom is 0.259 e. The molecular formula is C18H20N6O2. The second-order valence-electron chi connectivity index (χ2n) is 6.47. The summed E-state index contributed by atoms with van der Waals surface area (Å²) in [5.74, 6) is 0.952. The maximum absolute atomic E-state index is 12.5. The van der Waals surface area contributed by atoms with E-state index >= 15 is 0 Å². The van der Waals surface area contributed by atoms with Gasteiger partial charge in [-0.15, -0.1) is 10.2 Å². The fourth-order valence-corrected chi connectivity index (χ4v) is 3.17. The van der Waals surface area contributed by atoms with Crippen molar-refractivity contribution in [2.24, 2.45) is 0 Å². The summed E-state index contributed by atoms with van der Waals surface area (Å²) in [4.78, 5) is 19.1. The van der Waals surface area contributed by atoms with E-state index in [1.807, 2.05) is 38.1 Å². The van der Waals surface area contributed by atoms with Gasteiger partial charge in [0, 0.05) is 25.5 Å². The van der Waals surface area contributed by atoms with Gasteiger partial charge in [-0.05, 0) is 38.1 Å². The van der Waals surface area contributed by atoms with Crippen molar-refractivity contribution in [3.63, 3.8) is 0 Å². The molecule has 134 valence electrons. The number of hydrogen-bond acceptors (Lipinski definition) is 6. The number of morpholine rings is 1. The molecule has 26 heavy (non-hydrogen) atoms. The summed E-state index contributed by atoms with van der Waals surface area (Å²) in [6, 6.07) is 9.18. The van der Waals surface area contributed by atoms with Gasteiger partial charge in [0.25, 0.3) is 5.91 Å². The molecule has 4 heterocycles. The molecule has 1 saturated heterocycles. The molecule has 0 radical (unpaired) electrons. The third-order valence-corrected chi connectivity index (χ3v) is 4.29. The van der Waals surface area contributed by atoms with Crippen molar-refractivity contribution >= 4 is 23.3 Å². The first-order chi connectivity index (χ1) is 12.6. The number of rotatable bonds is 3. The zero-order valence-corrected chi connectivity index (χ0v) is 14.7. The van der Waals surface area contributed by atoms with E-state index in [0.717, 1.165) is 18.9 Å². The van der Waals surface area contributed by atoms with E-state index in [9.17, 15) is 4.79 Å². The molecule has 3 aromatic rings. The normalized spacial score (nSPS) is 20.3. The van der Waals surface area contributed by atoms with Gasteiger partial charge in [0.1, 0.15) is 5.82 Å². The van der Waals surface area contributed by atoms with Crippen molar-refractivity contribution in [3.05, 3.63) is 48.3 Å². The third kappa shape index (κ3) is 3.23. The van der Waals surface area contributed by atoms with Crippen LogP contribution in [0.5, 0.6) is 0 Å². The Morgan fingerprint density at radius 3 is 2.69 bits per heavy atom. The quantitative estimate of drug-likeness (QED) is 0.776. The van der Waals surface area contributed by atoms with Gasteiger partial charge in [-0.1, -0.05) is 6.07 Å². The van der Waals surface area contributed by atoms with Crippen LogP contribution >= 0.6 is 0 Å². The van der Waals surface area contributed by atoms with Crippen molar-refractivity contribution < 1.29 is 9.53 Å². The third-order valence-electron chi connectivity index (χ3n) is 4.29. The first-order valence-corrected chi connectivity index (χ1v) is 8.58. The average Bonchev–Trinajstić information content (AvgIpc) is 3.04. The van der Waals surface area contributed by atoms with Gasteiger partial charge >= 0.3 is 0 Å². The van der Waals surface area contributed by atoms with Gasteiger partial charge in [-0.3, -0.25) is 14.5 Å². The Morgan fingerprint density at radius 2 is 1.96 bits per heavy atom. The Hall–Kier alpha value is -3.00. The molecule has 1 aliphatic rings. The van der Waals surface area contributed by atoms with Crippen LogP contribution in [0.25, 0.3) is 5.65 Å². The van der Waals surface area contributed by atoms with Crippen molar-refractivity contribution in [1.29, 1.82) is 0 Å². The molecule has 2 unspecified atom stereocenters. The molecule has 1 aliphatic heterocycles. The van der Waals surface area contributed by atoms with Gasteiger partial charge in [0.05, 0.1) is 17.8 Å². The number of nitrogens with one attached hydrogen (secondary N) is 1. The fourth-order valence-electron chi connectivity index (χ4n) is 3.17. The van der Waals surface area contributed by atoms with Crippen LogP contribution in [0.15, 0.2) is 42.7 Å². The van der Waals surface area contributed by atoms with Gasteiger partial charge in [0.2, 0.25) is 5.95 Å². The van der Waals surface area contributed by atoms with E-state index in [-0.39, 0.29) is 18.1 Å². The number of anilines is 2. The Kier molecular flexibility index (Phi) is 4.26. The molecule has 0 bridgehead atoms. The Labute approximate surface area is 150 Å². The number of hydrogen-bond donors (Lipinski definition) is 1. The van der Waals surface area contributed by atoms with E-state index in [2.05, 4.69) is 25.4 Å². The number of fused-ring (bicyclic) bond motifs is 1. The van der Waals surface area contributed by atoms with Gasteiger partial charge in [-0.25, -0.2) is 4.98 Å². The van der Waals surface area contributed by atoms with Gasteiger partial charge in [-0.2, -0.15) is 0 Å². The SMILES string of the molecule is CC1CN(c2ccc(C(=O)Nc3nnc4ccccn34)cn2)CC(C)O1. The molecule has 1 N–H and O–H groups in total. The highest BCUT2D eigenvalue weighted by Crippen LogP contribution is 2.19. The molecule has 4 rings (SSSR count). The molecule has 0 aliphatic carbocycles. The number of aromatic nitrogens is 4. The Bertz CT molecular complexity index is 913. The topological polar surface area (TPSA) is 84.7 Å². The number of amides is 1. The van der Waals surface area contributed by atoms with E-state index in [4.69, 9.17) is 4.74 Å². The lowest BCUT2D eigenvalue weighted by atomic mass is 10.2. The lowest BCUT2D eigenvalue weighted by molar-refractivity contribution is -0.00546. The highest BCUT2D eigenvalue weighted by Gasteiger charge is 2.23. The second-order valence-corrected chi connectivity index (χ2v) is 6.47. The maximum atomic E-state index is 12.5. The molecule has 0 saturated carbocycles. The predicted molar refractivity (Wildman–Crippen MR) is 97.4 cm³/mol. The van der Waals surface area contributed by atoms with Crippen LogP contribution in [0.2, 0.25) is 0 Å². The number of carbonyl (C=O) groups excluding carboxylic acids is 1. The lowest BCUT2D eigenvalue weighted by Crippen LogP contribution is -2.45. The largest absolute Gasteiger partial charge is 0.372 e. The smallest absolute Gasteiger partial charge is 0.259 e. The van der Waals surface area contributed by atoms with Crippen LogP contribution in [-0.2, 0) is 4.74 Å². The average molecular weight is 352 g/mol. The van der Waals surface area contributed by atoms with Crippen LogP contribution in [0, 0.1) is 0 Å². The fraction of sp³-hybridized carbons (Fsp3) is 0.333. The summed E-state index contributed by atoms with van der Waals surface area (Å²) in [5.41, 5.74) is 1.14. The summed E-state index contributed by atoms with van der Waals surface area (Å²) < 4.78 is 7.46. The summed E-state index contributed by atoms with van der Waals surface area (Å²) in [7, 11) is 0.